The Bertz CT molecular complexity index is 453. The summed E-state index contributed by atoms with van der Waals surface area (Å²) in [6.45, 7) is 5.00. The van der Waals surface area contributed by atoms with E-state index in [-0.39, 0.29) is 18.3 Å². The van der Waals surface area contributed by atoms with E-state index in [0.29, 0.717) is 0 Å². The molecule has 0 saturated carbocycles. The molecule has 0 aromatic heterocycles. The van der Waals surface area contributed by atoms with Crippen molar-refractivity contribution in [2.75, 3.05) is 12.4 Å². The molecule has 0 amide bonds. The van der Waals surface area contributed by atoms with Crippen LogP contribution in [0.4, 0.5) is 5.69 Å². The maximum absolute atomic E-state index is 12.0. The molecule has 5 nitrogen and oxygen atoms in total. The SMILES string of the molecule is COc1ccc(N[C@@H](CC(C)=O)C(=O)OC(C)C)cc1. The number of Topliss-reactive ketones (excluding diaryl/α,β-unsaturated/α-hetero) is 1. The van der Waals surface area contributed by atoms with E-state index in [1.165, 1.54) is 6.92 Å². The number of methoxy groups -OCH3 is 1. The number of ether oxygens (including phenoxy) is 2. The number of carbonyl (C=O) groups excluding carboxylic acids is 2. The van der Waals surface area contributed by atoms with Crippen LogP contribution in [0.2, 0.25) is 0 Å². The smallest absolute Gasteiger partial charge is 0.329 e. The van der Waals surface area contributed by atoms with Crippen LogP contribution in [-0.2, 0) is 14.3 Å². The summed E-state index contributed by atoms with van der Waals surface area (Å²) in [5.41, 5.74) is 0.734. The van der Waals surface area contributed by atoms with Gasteiger partial charge in [-0.25, -0.2) is 4.79 Å². The lowest BCUT2D eigenvalue weighted by Crippen LogP contribution is -2.34. The zero-order valence-corrected chi connectivity index (χ0v) is 12.3. The van der Waals surface area contributed by atoms with E-state index in [1.54, 1.807) is 45.2 Å². The Morgan fingerprint density at radius 1 is 1.20 bits per heavy atom. The average molecular weight is 279 g/mol. The molecule has 0 fully saturated rings. The minimum absolute atomic E-state index is 0.0725. The predicted molar refractivity (Wildman–Crippen MR) is 76.9 cm³/mol. The monoisotopic (exact) mass is 279 g/mol. The second-order valence-electron chi connectivity index (χ2n) is 4.82. The van der Waals surface area contributed by atoms with Crippen molar-refractivity contribution in [3.05, 3.63) is 24.3 Å². The van der Waals surface area contributed by atoms with Gasteiger partial charge in [0.25, 0.3) is 0 Å². The normalized spacial score (nSPS) is 11.8. The Morgan fingerprint density at radius 3 is 2.25 bits per heavy atom. The number of carbonyl (C=O) groups is 2. The third-order valence-corrected chi connectivity index (χ3v) is 2.56. The minimum atomic E-state index is -0.678. The third kappa shape index (κ3) is 5.30. The molecule has 1 atom stereocenters. The van der Waals surface area contributed by atoms with Crippen LogP contribution in [0.1, 0.15) is 27.2 Å². The summed E-state index contributed by atoms with van der Waals surface area (Å²) in [7, 11) is 1.58. The largest absolute Gasteiger partial charge is 0.497 e. The van der Waals surface area contributed by atoms with E-state index >= 15 is 0 Å². The van der Waals surface area contributed by atoms with Crippen LogP contribution in [0, 0.1) is 0 Å². The van der Waals surface area contributed by atoms with Gasteiger partial charge in [-0.15, -0.1) is 0 Å². The Morgan fingerprint density at radius 2 is 1.80 bits per heavy atom. The van der Waals surface area contributed by atoms with Gasteiger partial charge >= 0.3 is 5.97 Å². The molecule has 0 unspecified atom stereocenters. The number of benzene rings is 1. The Hall–Kier alpha value is -2.04. The standard InChI is InChI=1S/C15H21NO4/c1-10(2)20-15(18)14(9-11(3)17)16-12-5-7-13(19-4)8-6-12/h5-8,10,14,16H,9H2,1-4H3/t14-/m0/s1. The number of esters is 1. The Balaban J connectivity index is 2.77. The van der Waals surface area contributed by atoms with Gasteiger partial charge in [-0.1, -0.05) is 0 Å². The van der Waals surface area contributed by atoms with E-state index < -0.39 is 12.0 Å². The molecule has 0 spiro atoms. The van der Waals surface area contributed by atoms with Gasteiger partial charge in [0.05, 0.1) is 13.2 Å². The van der Waals surface area contributed by atoms with Gasteiger partial charge in [0.15, 0.2) is 0 Å². The Kier molecular flexibility index (Phi) is 6.03. The van der Waals surface area contributed by atoms with Crippen LogP contribution in [0.5, 0.6) is 5.75 Å². The summed E-state index contributed by atoms with van der Waals surface area (Å²) in [6, 6.07) is 6.45. The molecule has 0 saturated heterocycles. The summed E-state index contributed by atoms with van der Waals surface area (Å²) in [5, 5.41) is 3.02. The number of rotatable bonds is 7. The first-order chi connectivity index (χ1) is 9.42. The molecular weight excluding hydrogens is 258 g/mol. The molecule has 0 radical (unpaired) electrons. The average Bonchev–Trinajstić information content (AvgIpc) is 2.37. The van der Waals surface area contributed by atoms with Crippen LogP contribution >= 0.6 is 0 Å². The molecule has 20 heavy (non-hydrogen) atoms. The van der Waals surface area contributed by atoms with Gasteiger partial charge in [0.2, 0.25) is 0 Å². The molecule has 0 heterocycles. The van der Waals surface area contributed by atoms with E-state index in [4.69, 9.17) is 9.47 Å². The van der Waals surface area contributed by atoms with Gasteiger partial charge < -0.3 is 14.8 Å². The van der Waals surface area contributed by atoms with E-state index in [0.717, 1.165) is 11.4 Å². The molecule has 110 valence electrons. The highest BCUT2D eigenvalue weighted by Crippen LogP contribution is 2.17. The van der Waals surface area contributed by atoms with Crippen molar-refractivity contribution in [3.63, 3.8) is 0 Å². The van der Waals surface area contributed by atoms with Crippen molar-refractivity contribution in [2.24, 2.45) is 0 Å². The molecule has 1 aromatic carbocycles. The number of hydrogen-bond donors (Lipinski definition) is 1. The number of nitrogens with one attached hydrogen (secondary N) is 1. The van der Waals surface area contributed by atoms with Crippen LogP contribution < -0.4 is 10.1 Å². The zero-order chi connectivity index (χ0) is 15.1. The maximum atomic E-state index is 12.0. The highest BCUT2D eigenvalue weighted by Gasteiger charge is 2.22. The molecule has 1 N–H and O–H groups in total. The first kappa shape index (κ1) is 16.0. The highest BCUT2D eigenvalue weighted by molar-refractivity contribution is 5.87. The van der Waals surface area contributed by atoms with Crippen LogP contribution in [0.15, 0.2) is 24.3 Å². The first-order valence-corrected chi connectivity index (χ1v) is 6.53. The van der Waals surface area contributed by atoms with Gasteiger partial charge in [0, 0.05) is 12.1 Å². The second kappa shape index (κ2) is 7.53. The fourth-order valence-electron chi connectivity index (χ4n) is 1.68. The van der Waals surface area contributed by atoms with E-state index in [1.807, 2.05) is 0 Å². The first-order valence-electron chi connectivity index (χ1n) is 6.53. The third-order valence-electron chi connectivity index (χ3n) is 2.56. The zero-order valence-electron chi connectivity index (χ0n) is 12.3. The topological polar surface area (TPSA) is 64.6 Å². The predicted octanol–water partition coefficient (Wildman–Crippen LogP) is 2.41. The van der Waals surface area contributed by atoms with Crippen molar-refractivity contribution >= 4 is 17.4 Å². The second-order valence-corrected chi connectivity index (χ2v) is 4.82. The molecular formula is C15H21NO4. The fraction of sp³-hybridized carbons (Fsp3) is 0.467. The molecule has 0 aliphatic rings. The summed E-state index contributed by atoms with van der Waals surface area (Å²) in [5.74, 6) is 0.228. The van der Waals surface area contributed by atoms with Crippen molar-refractivity contribution in [2.45, 2.75) is 39.3 Å². The van der Waals surface area contributed by atoms with E-state index in [2.05, 4.69) is 5.32 Å². The van der Waals surface area contributed by atoms with Crippen molar-refractivity contribution in [1.82, 2.24) is 0 Å². The number of hydrogen-bond acceptors (Lipinski definition) is 5. The molecule has 5 heteroatoms. The van der Waals surface area contributed by atoms with Crippen molar-refractivity contribution in [1.29, 1.82) is 0 Å². The molecule has 0 aliphatic carbocycles. The van der Waals surface area contributed by atoms with Crippen molar-refractivity contribution < 1.29 is 19.1 Å². The minimum Gasteiger partial charge on any atom is -0.497 e. The van der Waals surface area contributed by atoms with Crippen LogP contribution in [-0.4, -0.2) is 31.0 Å². The van der Waals surface area contributed by atoms with Gasteiger partial charge in [-0.2, -0.15) is 0 Å². The lowest BCUT2D eigenvalue weighted by atomic mass is 10.1. The lowest BCUT2D eigenvalue weighted by molar-refractivity contribution is -0.149. The number of anilines is 1. The summed E-state index contributed by atoms with van der Waals surface area (Å²) in [4.78, 5) is 23.2. The quantitative estimate of drug-likeness (QED) is 0.776. The Labute approximate surface area is 119 Å². The molecule has 0 aliphatic heterocycles. The summed E-state index contributed by atoms with van der Waals surface area (Å²) >= 11 is 0. The van der Waals surface area contributed by atoms with Gasteiger partial charge in [0.1, 0.15) is 17.6 Å². The maximum Gasteiger partial charge on any atom is 0.329 e. The molecule has 1 rings (SSSR count). The van der Waals surface area contributed by atoms with Crippen LogP contribution in [0.3, 0.4) is 0 Å². The fourth-order valence-corrected chi connectivity index (χ4v) is 1.68. The van der Waals surface area contributed by atoms with Crippen LogP contribution in [0.25, 0.3) is 0 Å². The molecule has 1 aromatic rings. The summed E-state index contributed by atoms with van der Waals surface area (Å²) in [6.07, 6.45) is -0.118. The van der Waals surface area contributed by atoms with Crippen molar-refractivity contribution in [3.8, 4) is 5.75 Å². The summed E-state index contributed by atoms with van der Waals surface area (Å²) < 4.78 is 10.2. The van der Waals surface area contributed by atoms with Gasteiger partial charge in [-0.3, -0.25) is 4.79 Å². The number of ketones is 1. The lowest BCUT2D eigenvalue weighted by Gasteiger charge is -2.19. The molecule has 0 bridgehead atoms. The highest BCUT2D eigenvalue weighted by atomic mass is 16.5. The van der Waals surface area contributed by atoms with Gasteiger partial charge in [-0.05, 0) is 45.0 Å². The van der Waals surface area contributed by atoms with E-state index in [9.17, 15) is 9.59 Å².